The molecule has 0 spiro atoms. The second-order valence-corrected chi connectivity index (χ2v) is 7.35. The summed E-state index contributed by atoms with van der Waals surface area (Å²) in [4.78, 5) is 0. The molecule has 29 heavy (non-hydrogen) atoms. The molecule has 0 fully saturated rings. The number of ether oxygens (including phenoxy) is 2. The van der Waals surface area contributed by atoms with Gasteiger partial charge in [0, 0.05) is 24.8 Å². The predicted molar refractivity (Wildman–Crippen MR) is 111 cm³/mol. The van der Waals surface area contributed by atoms with Gasteiger partial charge in [0.2, 0.25) is 5.88 Å². The second-order valence-electron chi connectivity index (χ2n) is 7.35. The summed E-state index contributed by atoms with van der Waals surface area (Å²) in [5, 5.41) is 30.3. The van der Waals surface area contributed by atoms with Crippen LogP contribution >= 0.6 is 0 Å². The van der Waals surface area contributed by atoms with Crippen LogP contribution in [0.15, 0.2) is 36.4 Å². The summed E-state index contributed by atoms with van der Waals surface area (Å²) in [5.74, 6) is 6.83. The van der Waals surface area contributed by atoms with Crippen molar-refractivity contribution in [3.63, 3.8) is 0 Å². The first kappa shape index (κ1) is 22.8. The van der Waals surface area contributed by atoms with Crippen LogP contribution in [-0.2, 0) is 6.42 Å². The van der Waals surface area contributed by atoms with Crippen LogP contribution < -0.4 is 26.1 Å². The summed E-state index contributed by atoms with van der Waals surface area (Å²) in [6.07, 6.45) is 0.723. The molecule has 2 aromatic rings. The van der Waals surface area contributed by atoms with E-state index in [2.05, 4.69) is 20.9 Å². The lowest BCUT2D eigenvalue weighted by atomic mass is 10.1. The number of nitrogens with two attached hydrogens (primary N) is 1. The molecule has 0 amide bonds. The Labute approximate surface area is 171 Å². The van der Waals surface area contributed by atoms with Crippen LogP contribution in [0.1, 0.15) is 25.8 Å². The third-order valence-electron chi connectivity index (χ3n) is 4.19. The molecule has 9 heteroatoms. The van der Waals surface area contributed by atoms with E-state index in [0.717, 1.165) is 17.7 Å². The topological polar surface area (TPSA) is 135 Å². The second kappa shape index (κ2) is 11.5. The normalized spacial score (nSPS) is 12.4. The summed E-state index contributed by atoms with van der Waals surface area (Å²) in [7, 11) is 0. The molecule has 1 atom stereocenters. The van der Waals surface area contributed by atoms with Crippen LogP contribution in [0, 0.1) is 0 Å². The highest BCUT2D eigenvalue weighted by molar-refractivity contribution is 5.33. The fourth-order valence-corrected chi connectivity index (χ4v) is 2.54. The van der Waals surface area contributed by atoms with E-state index in [-0.39, 0.29) is 13.2 Å². The average Bonchev–Trinajstić information content (AvgIpc) is 2.74. The largest absolute Gasteiger partial charge is 0.491 e. The van der Waals surface area contributed by atoms with E-state index >= 15 is 0 Å². The molecule has 160 valence electrons. The Morgan fingerprint density at radius 2 is 1.93 bits per heavy atom. The molecular formula is C20H31N5O4. The van der Waals surface area contributed by atoms with Crippen LogP contribution in [0.4, 0.5) is 5.82 Å². The summed E-state index contributed by atoms with van der Waals surface area (Å²) in [6.45, 7) is 4.92. The van der Waals surface area contributed by atoms with Crippen LogP contribution in [0.3, 0.4) is 0 Å². The molecule has 0 saturated carbocycles. The molecule has 0 bridgehead atoms. The number of benzene rings is 1. The first-order valence-electron chi connectivity index (χ1n) is 9.61. The van der Waals surface area contributed by atoms with E-state index in [9.17, 15) is 5.11 Å². The van der Waals surface area contributed by atoms with Crippen molar-refractivity contribution in [2.45, 2.75) is 38.3 Å². The fourth-order valence-electron chi connectivity index (χ4n) is 2.54. The third kappa shape index (κ3) is 8.20. The SMILES string of the molecule is CC(C)(COc1ccc(NN)nn1)NCC(O)COc1ccccc1CCCO. The number of nitrogens with zero attached hydrogens (tertiary/aromatic N) is 2. The Morgan fingerprint density at radius 1 is 1.14 bits per heavy atom. The average molecular weight is 405 g/mol. The molecule has 0 aliphatic rings. The van der Waals surface area contributed by atoms with Gasteiger partial charge in [-0.3, -0.25) is 0 Å². The summed E-state index contributed by atoms with van der Waals surface area (Å²) in [5.41, 5.74) is 3.03. The Bertz CT molecular complexity index is 727. The van der Waals surface area contributed by atoms with Crippen LogP contribution in [-0.4, -0.2) is 58.4 Å². The van der Waals surface area contributed by atoms with Gasteiger partial charge in [0.25, 0.3) is 0 Å². The van der Waals surface area contributed by atoms with Crippen molar-refractivity contribution in [1.29, 1.82) is 0 Å². The molecule has 9 nitrogen and oxygen atoms in total. The van der Waals surface area contributed by atoms with E-state index in [1.54, 1.807) is 12.1 Å². The predicted octanol–water partition coefficient (Wildman–Crippen LogP) is 0.874. The first-order chi connectivity index (χ1) is 13.9. The van der Waals surface area contributed by atoms with Crippen molar-refractivity contribution >= 4 is 5.82 Å². The van der Waals surface area contributed by atoms with Crippen molar-refractivity contribution in [3.05, 3.63) is 42.0 Å². The molecule has 1 heterocycles. The number of nitrogen functional groups attached to an aromatic ring is 1. The Kier molecular flexibility index (Phi) is 9.07. The van der Waals surface area contributed by atoms with Gasteiger partial charge in [-0.25, -0.2) is 5.84 Å². The van der Waals surface area contributed by atoms with E-state index in [1.807, 2.05) is 38.1 Å². The van der Waals surface area contributed by atoms with Crippen LogP contribution in [0.25, 0.3) is 0 Å². The van der Waals surface area contributed by atoms with Crippen molar-refractivity contribution < 1.29 is 19.7 Å². The lowest BCUT2D eigenvalue weighted by Crippen LogP contribution is -2.48. The molecule has 0 saturated heterocycles. The number of β-amino-alcohol motifs (C(OH)–C–C–N with tert-alkyl or cyclic N) is 1. The minimum absolute atomic E-state index is 0.137. The molecule has 1 aromatic heterocycles. The Morgan fingerprint density at radius 3 is 2.62 bits per heavy atom. The number of hydrazine groups is 1. The minimum atomic E-state index is -0.685. The van der Waals surface area contributed by atoms with Gasteiger partial charge in [-0.05, 0) is 44.4 Å². The Hall–Kier alpha value is -2.46. The molecule has 1 aromatic carbocycles. The number of hydrogen-bond acceptors (Lipinski definition) is 9. The molecule has 0 aliphatic heterocycles. The van der Waals surface area contributed by atoms with Gasteiger partial charge in [-0.2, -0.15) is 0 Å². The third-order valence-corrected chi connectivity index (χ3v) is 4.19. The Balaban J connectivity index is 1.75. The van der Waals surface area contributed by atoms with Gasteiger partial charge in [0.05, 0.1) is 0 Å². The standard InChI is InChI=1S/C20H31N5O4/c1-20(2,14-29-19-10-9-18(23-21)24-25-19)22-12-16(27)13-28-17-8-4-3-6-15(17)7-5-11-26/h3-4,6,8-10,16,22,26-27H,5,7,11-14,21H2,1-2H3,(H,23,24). The van der Waals surface area contributed by atoms with Gasteiger partial charge in [0.1, 0.15) is 25.1 Å². The van der Waals surface area contributed by atoms with E-state index < -0.39 is 11.6 Å². The zero-order chi connectivity index (χ0) is 21.1. The molecule has 0 aliphatic carbocycles. The molecule has 1 unspecified atom stereocenters. The van der Waals surface area contributed by atoms with Crippen LogP contribution in [0.5, 0.6) is 11.6 Å². The lowest BCUT2D eigenvalue weighted by molar-refractivity contribution is 0.0918. The minimum Gasteiger partial charge on any atom is -0.491 e. The quantitative estimate of drug-likeness (QED) is 0.243. The van der Waals surface area contributed by atoms with E-state index in [1.165, 1.54) is 0 Å². The van der Waals surface area contributed by atoms with E-state index in [4.69, 9.17) is 20.4 Å². The van der Waals surface area contributed by atoms with Gasteiger partial charge in [-0.1, -0.05) is 18.2 Å². The van der Waals surface area contributed by atoms with Crippen molar-refractivity contribution in [1.82, 2.24) is 15.5 Å². The number of anilines is 1. The number of rotatable bonds is 13. The summed E-state index contributed by atoms with van der Waals surface area (Å²) < 4.78 is 11.4. The maximum atomic E-state index is 10.3. The number of para-hydroxylation sites is 1. The van der Waals surface area contributed by atoms with Gasteiger partial charge >= 0.3 is 0 Å². The maximum Gasteiger partial charge on any atom is 0.233 e. The highest BCUT2D eigenvalue weighted by Crippen LogP contribution is 2.19. The number of aryl methyl sites for hydroxylation is 1. The van der Waals surface area contributed by atoms with Gasteiger partial charge in [-0.15, -0.1) is 10.2 Å². The van der Waals surface area contributed by atoms with Gasteiger partial charge < -0.3 is 30.4 Å². The molecule has 2 rings (SSSR count). The number of hydrogen-bond donors (Lipinski definition) is 5. The maximum absolute atomic E-state index is 10.3. The molecule has 6 N–H and O–H groups in total. The van der Waals surface area contributed by atoms with Gasteiger partial charge in [0.15, 0.2) is 5.82 Å². The highest BCUT2D eigenvalue weighted by atomic mass is 16.5. The smallest absolute Gasteiger partial charge is 0.233 e. The number of nitrogens with one attached hydrogen (secondary N) is 2. The monoisotopic (exact) mass is 405 g/mol. The number of aliphatic hydroxyl groups excluding tert-OH is 2. The zero-order valence-corrected chi connectivity index (χ0v) is 17.0. The van der Waals surface area contributed by atoms with Crippen molar-refractivity contribution in [2.75, 3.05) is 31.8 Å². The van der Waals surface area contributed by atoms with Crippen molar-refractivity contribution in [3.8, 4) is 11.6 Å². The zero-order valence-electron chi connectivity index (χ0n) is 17.0. The summed E-state index contributed by atoms with van der Waals surface area (Å²) in [6, 6.07) is 11.0. The van der Waals surface area contributed by atoms with Crippen LogP contribution in [0.2, 0.25) is 0 Å². The fraction of sp³-hybridized carbons (Fsp3) is 0.500. The highest BCUT2D eigenvalue weighted by Gasteiger charge is 2.20. The summed E-state index contributed by atoms with van der Waals surface area (Å²) >= 11 is 0. The number of aliphatic hydroxyl groups is 2. The lowest BCUT2D eigenvalue weighted by Gasteiger charge is -2.27. The molecule has 0 radical (unpaired) electrons. The van der Waals surface area contributed by atoms with E-state index in [0.29, 0.717) is 31.3 Å². The number of aromatic nitrogens is 2. The first-order valence-corrected chi connectivity index (χ1v) is 9.61. The molecular weight excluding hydrogens is 374 g/mol. The van der Waals surface area contributed by atoms with Crippen molar-refractivity contribution in [2.24, 2.45) is 5.84 Å².